The molecule has 0 spiro atoms. The van der Waals surface area contributed by atoms with E-state index in [9.17, 15) is 14.0 Å². The van der Waals surface area contributed by atoms with Gasteiger partial charge in [-0.25, -0.2) is 4.39 Å². The lowest BCUT2D eigenvalue weighted by Crippen LogP contribution is -2.09. The Balaban J connectivity index is 3.15. The molecular formula is C11H11FO3. The van der Waals surface area contributed by atoms with Crippen LogP contribution in [-0.4, -0.2) is 19.4 Å². The van der Waals surface area contributed by atoms with E-state index in [0.29, 0.717) is 11.8 Å². The number of methoxy groups -OCH3 is 1. The minimum atomic E-state index is -0.569. The van der Waals surface area contributed by atoms with Crippen LogP contribution in [-0.2, 0) is 16.0 Å². The second-order valence-corrected chi connectivity index (χ2v) is 3.19. The van der Waals surface area contributed by atoms with Crippen LogP contribution in [0.25, 0.3) is 0 Å². The molecule has 0 radical (unpaired) electrons. The van der Waals surface area contributed by atoms with Crippen molar-refractivity contribution >= 4 is 12.3 Å². The summed E-state index contributed by atoms with van der Waals surface area (Å²) in [5.41, 5.74) is 0.920. The second kappa shape index (κ2) is 4.68. The van der Waals surface area contributed by atoms with Crippen molar-refractivity contribution in [3.63, 3.8) is 0 Å². The van der Waals surface area contributed by atoms with Crippen molar-refractivity contribution < 1.29 is 18.7 Å². The van der Waals surface area contributed by atoms with Crippen LogP contribution in [0, 0.1) is 12.7 Å². The number of hydrogen-bond donors (Lipinski definition) is 0. The van der Waals surface area contributed by atoms with Crippen molar-refractivity contribution in [2.45, 2.75) is 13.3 Å². The van der Waals surface area contributed by atoms with Gasteiger partial charge in [-0.1, -0.05) is 0 Å². The van der Waals surface area contributed by atoms with E-state index < -0.39 is 11.8 Å². The van der Waals surface area contributed by atoms with Gasteiger partial charge in [0.05, 0.1) is 13.5 Å². The van der Waals surface area contributed by atoms with Gasteiger partial charge in [0.1, 0.15) is 12.1 Å². The van der Waals surface area contributed by atoms with Gasteiger partial charge in [-0.05, 0) is 24.6 Å². The summed E-state index contributed by atoms with van der Waals surface area (Å²) in [6.07, 6.45) is 0.311. The summed E-state index contributed by atoms with van der Waals surface area (Å²) in [7, 11) is 1.22. The van der Waals surface area contributed by atoms with E-state index in [1.807, 2.05) is 0 Å². The van der Waals surface area contributed by atoms with E-state index in [0.717, 1.165) is 0 Å². The van der Waals surface area contributed by atoms with Crippen LogP contribution >= 0.6 is 0 Å². The number of rotatable bonds is 3. The van der Waals surface area contributed by atoms with Gasteiger partial charge in [0, 0.05) is 11.1 Å². The van der Waals surface area contributed by atoms with Crippen LogP contribution in [0.3, 0.4) is 0 Å². The molecule has 1 aromatic rings. The molecule has 0 bridgehead atoms. The van der Waals surface area contributed by atoms with E-state index in [2.05, 4.69) is 4.74 Å². The Morgan fingerprint density at radius 3 is 2.73 bits per heavy atom. The van der Waals surface area contributed by atoms with Gasteiger partial charge in [-0.3, -0.25) is 9.59 Å². The number of ether oxygens (including phenoxy) is 1. The van der Waals surface area contributed by atoms with Crippen LogP contribution in [0.15, 0.2) is 12.1 Å². The highest BCUT2D eigenvalue weighted by atomic mass is 19.1. The molecule has 0 aliphatic rings. The summed E-state index contributed by atoms with van der Waals surface area (Å²) in [5.74, 6) is -1.12. The third-order valence-corrected chi connectivity index (χ3v) is 2.05. The van der Waals surface area contributed by atoms with E-state index in [1.165, 1.54) is 19.2 Å². The molecule has 0 amide bonds. The zero-order valence-electron chi connectivity index (χ0n) is 8.54. The summed E-state index contributed by atoms with van der Waals surface area (Å²) >= 11 is 0. The standard InChI is InChI=1S/C11H11FO3/c1-7-3-8(6-13)9(10(12)4-7)5-11(14)15-2/h3-4,6H,5H2,1-2H3. The van der Waals surface area contributed by atoms with Gasteiger partial charge in [-0.2, -0.15) is 0 Å². The first kappa shape index (κ1) is 11.4. The van der Waals surface area contributed by atoms with Crippen LogP contribution < -0.4 is 0 Å². The third kappa shape index (κ3) is 2.62. The van der Waals surface area contributed by atoms with Crippen molar-refractivity contribution in [2.24, 2.45) is 0 Å². The van der Waals surface area contributed by atoms with Gasteiger partial charge in [-0.15, -0.1) is 0 Å². The zero-order valence-corrected chi connectivity index (χ0v) is 8.54. The van der Waals surface area contributed by atoms with Crippen LogP contribution in [0.5, 0.6) is 0 Å². The average Bonchev–Trinajstić information content (AvgIpc) is 2.21. The van der Waals surface area contributed by atoms with Crippen molar-refractivity contribution in [2.75, 3.05) is 7.11 Å². The number of aldehydes is 1. The lowest BCUT2D eigenvalue weighted by atomic mass is 10.0. The lowest BCUT2D eigenvalue weighted by Gasteiger charge is -2.06. The molecule has 1 aromatic carbocycles. The molecule has 0 fully saturated rings. The number of benzene rings is 1. The number of carbonyl (C=O) groups is 2. The van der Waals surface area contributed by atoms with Gasteiger partial charge in [0.25, 0.3) is 0 Å². The van der Waals surface area contributed by atoms with Crippen LogP contribution in [0.2, 0.25) is 0 Å². The van der Waals surface area contributed by atoms with Gasteiger partial charge < -0.3 is 4.74 Å². The Hall–Kier alpha value is -1.71. The summed E-state index contributed by atoms with van der Waals surface area (Å²) < 4.78 is 17.8. The van der Waals surface area contributed by atoms with Crippen LogP contribution in [0.1, 0.15) is 21.5 Å². The zero-order chi connectivity index (χ0) is 11.4. The highest BCUT2D eigenvalue weighted by Crippen LogP contribution is 2.16. The first-order valence-corrected chi connectivity index (χ1v) is 4.39. The number of halogens is 1. The largest absolute Gasteiger partial charge is 0.469 e. The smallest absolute Gasteiger partial charge is 0.310 e. The molecule has 0 aliphatic carbocycles. The normalized spacial score (nSPS) is 9.80. The fraction of sp³-hybridized carbons (Fsp3) is 0.273. The number of aryl methyl sites for hydroxylation is 1. The van der Waals surface area contributed by atoms with Gasteiger partial charge in [0.15, 0.2) is 0 Å². The maximum Gasteiger partial charge on any atom is 0.310 e. The monoisotopic (exact) mass is 210 g/mol. The topological polar surface area (TPSA) is 43.4 Å². The Morgan fingerprint density at radius 2 is 2.20 bits per heavy atom. The Bertz CT molecular complexity index is 399. The highest BCUT2D eigenvalue weighted by Gasteiger charge is 2.13. The molecule has 0 N–H and O–H groups in total. The SMILES string of the molecule is COC(=O)Cc1c(F)cc(C)cc1C=O. The van der Waals surface area contributed by atoms with Crippen LogP contribution in [0.4, 0.5) is 4.39 Å². The molecule has 0 unspecified atom stereocenters. The first-order valence-electron chi connectivity index (χ1n) is 4.39. The average molecular weight is 210 g/mol. The molecular weight excluding hydrogens is 199 g/mol. The summed E-state index contributed by atoms with van der Waals surface area (Å²) in [4.78, 5) is 21.7. The molecule has 0 aromatic heterocycles. The Morgan fingerprint density at radius 1 is 1.53 bits per heavy atom. The molecule has 0 atom stereocenters. The van der Waals surface area contributed by atoms with Crippen molar-refractivity contribution in [1.29, 1.82) is 0 Å². The minimum absolute atomic E-state index is 0.0856. The molecule has 4 heteroatoms. The highest BCUT2D eigenvalue weighted by molar-refractivity contribution is 5.82. The van der Waals surface area contributed by atoms with Crippen molar-refractivity contribution in [3.8, 4) is 0 Å². The maximum absolute atomic E-state index is 13.4. The van der Waals surface area contributed by atoms with Crippen molar-refractivity contribution in [3.05, 3.63) is 34.6 Å². The number of carbonyl (C=O) groups excluding carboxylic acids is 2. The summed E-state index contributed by atoms with van der Waals surface area (Å²) in [6.45, 7) is 1.68. The van der Waals surface area contributed by atoms with E-state index in [4.69, 9.17) is 0 Å². The van der Waals surface area contributed by atoms with Crippen molar-refractivity contribution in [1.82, 2.24) is 0 Å². The number of hydrogen-bond acceptors (Lipinski definition) is 3. The molecule has 0 heterocycles. The van der Waals surface area contributed by atoms with E-state index in [-0.39, 0.29) is 17.5 Å². The predicted molar refractivity (Wildman–Crippen MR) is 52.2 cm³/mol. The second-order valence-electron chi connectivity index (χ2n) is 3.19. The molecule has 0 saturated heterocycles. The minimum Gasteiger partial charge on any atom is -0.469 e. The Labute approximate surface area is 86.9 Å². The quantitative estimate of drug-likeness (QED) is 0.563. The molecule has 0 saturated carbocycles. The lowest BCUT2D eigenvalue weighted by molar-refractivity contribution is -0.139. The molecule has 80 valence electrons. The third-order valence-electron chi connectivity index (χ3n) is 2.05. The number of esters is 1. The molecule has 15 heavy (non-hydrogen) atoms. The Kier molecular flexibility index (Phi) is 3.55. The van der Waals surface area contributed by atoms with Gasteiger partial charge >= 0.3 is 5.97 Å². The fourth-order valence-electron chi connectivity index (χ4n) is 1.31. The predicted octanol–water partition coefficient (Wildman–Crippen LogP) is 1.66. The summed E-state index contributed by atoms with van der Waals surface area (Å²) in [6, 6.07) is 2.82. The molecule has 1 rings (SSSR count). The first-order chi connectivity index (χ1) is 7.08. The van der Waals surface area contributed by atoms with E-state index in [1.54, 1.807) is 6.92 Å². The van der Waals surface area contributed by atoms with E-state index >= 15 is 0 Å². The fourth-order valence-corrected chi connectivity index (χ4v) is 1.31. The molecule has 0 aliphatic heterocycles. The molecule has 3 nitrogen and oxygen atoms in total. The maximum atomic E-state index is 13.4. The van der Waals surface area contributed by atoms with Gasteiger partial charge in [0.2, 0.25) is 0 Å². The summed E-state index contributed by atoms with van der Waals surface area (Å²) in [5, 5.41) is 0.